The topological polar surface area (TPSA) is 149 Å². The minimum absolute atomic E-state index is 0.197. The van der Waals surface area contributed by atoms with E-state index in [1.165, 1.54) is 96.3 Å². The van der Waals surface area contributed by atoms with Crippen LogP contribution < -0.4 is 5.32 Å². The Morgan fingerprint density at radius 1 is 0.642 bits per heavy atom. The average Bonchev–Trinajstić information content (AvgIpc) is 3.16. The summed E-state index contributed by atoms with van der Waals surface area (Å²) >= 11 is 0. The van der Waals surface area contributed by atoms with Crippen LogP contribution in [0.2, 0.25) is 0 Å². The maximum atomic E-state index is 12.9. The summed E-state index contributed by atoms with van der Waals surface area (Å²) < 4.78 is 11.1. The summed E-state index contributed by atoms with van der Waals surface area (Å²) in [6, 6.07) is -0.821. The van der Waals surface area contributed by atoms with Crippen molar-refractivity contribution in [3.63, 3.8) is 0 Å². The summed E-state index contributed by atoms with van der Waals surface area (Å²) in [4.78, 5) is 12.9. The predicted molar refractivity (Wildman–Crippen MR) is 216 cm³/mol. The Balaban J connectivity index is 2.32. The van der Waals surface area contributed by atoms with E-state index in [0.717, 1.165) is 51.4 Å². The monoisotopic (exact) mass is 750 g/mol. The van der Waals surface area contributed by atoms with Crippen LogP contribution in [0.4, 0.5) is 0 Å². The van der Waals surface area contributed by atoms with Gasteiger partial charge in [-0.25, -0.2) is 0 Å². The number of unbranched alkanes of at least 4 members (excludes halogenated alkanes) is 18. The highest BCUT2D eigenvalue weighted by Gasteiger charge is 2.44. The molecule has 0 aromatic carbocycles. The van der Waals surface area contributed by atoms with Gasteiger partial charge in [-0.2, -0.15) is 0 Å². The van der Waals surface area contributed by atoms with E-state index in [4.69, 9.17) is 9.47 Å². The van der Waals surface area contributed by atoms with Gasteiger partial charge in [-0.3, -0.25) is 4.79 Å². The lowest BCUT2D eigenvalue weighted by atomic mass is 9.99. The van der Waals surface area contributed by atoms with E-state index in [0.29, 0.717) is 6.42 Å². The number of aliphatic hydroxyl groups is 5. The zero-order valence-electron chi connectivity index (χ0n) is 33.5. The minimum atomic E-state index is -1.57. The van der Waals surface area contributed by atoms with Gasteiger partial charge in [0.25, 0.3) is 0 Å². The molecule has 0 aromatic heterocycles. The minimum Gasteiger partial charge on any atom is -0.394 e. The quantitative estimate of drug-likeness (QED) is 0.0285. The molecule has 1 rings (SSSR count). The zero-order chi connectivity index (χ0) is 38.8. The summed E-state index contributed by atoms with van der Waals surface area (Å²) in [7, 11) is 0. The number of amides is 1. The Kier molecular flexibility index (Phi) is 32.1. The van der Waals surface area contributed by atoms with E-state index in [2.05, 4.69) is 55.6 Å². The summed E-state index contributed by atoms with van der Waals surface area (Å²) in [6.45, 7) is 3.67. The van der Waals surface area contributed by atoms with E-state index < -0.39 is 49.5 Å². The van der Waals surface area contributed by atoms with Crippen LogP contribution in [0.5, 0.6) is 0 Å². The van der Waals surface area contributed by atoms with Crippen molar-refractivity contribution in [2.45, 2.75) is 211 Å². The summed E-state index contributed by atoms with van der Waals surface area (Å²) in [6.07, 6.45) is 36.0. The van der Waals surface area contributed by atoms with Crippen LogP contribution >= 0.6 is 0 Å². The van der Waals surface area contributed by atoms with E-state index in [9.17, 15) is 30.3 Å². The van der Waals surface area contributed by atoms with Crippen LogP contribution in [0.15, 0.2) is 48.6 Å². The van der Waals surface area contributed by atoms with Crippen LogP contribution in [0.25, 0.3) is 0 Å². The highest BCUT2D eigenvalue weighted by molar-refractivity contribution is 5.76. The van der Waals surface area contributed by atoms with Crippen molar-refractivity contribution in [3.8, 4) is 0 Å². The number of carbonyl (C=O) groups excluding carboxylic acids is 1. The standard InChI is InChI=1S/C44H79NO8/c1-3-5-7-9-11-13-14-15-16-17-18-19-20-21-22-23-24-26-28-30-32-34-40(48)45-37(38(47)33-31-29-27-25-12-10-8-6-4-2)36-52-44-43(51)42(50)41(49)39(35-46)53-44/h12,14-15,17-18,25,31,33,37-39,41-44,46-47,49-51H,3-11,13,16,19-24,26-30,32,34-36H2,1-2H3,(H,45,48)/b15-14-,18-17-,25-12+,33-31+. The van der Waals surface area contributed by atoms with Crippen LogP contribution in [-0.2, 0) is 14.3 Å². The average molecular weight is 750 g/mol. The van der Waals surface area contributed by atoms with Crippen molar-refractivity contribution in [1.82, 2.24) is 5.32 Å². The molecule has 7 unspecified atom stereocenters. The van der Waals surface area contributed by atoms with Gasteiger partial charge in [0.2, 0.25) is 5.91 Å². The highest BCUT2D eigenvalue weighted by atomic mass is 16.7. The Morgan fingerprint density at radius 3 is 1.74 bits per heavy atom. The molecular formula is C44H79NO8. The molecular weight excluding hydrogens is 670 g/mol. The molecule has 6 N–H and O–H groups in total. The summed E-state index contributed by atoms with van der Waals surface area (Å²) in [5, 5.41) is 53.9. The first-order valence-electron chi connectivity index (χ1n) is 21.4. The third-order valence-corrected chi connectivity index (χ3v) is 9.88. The molecule has 0 bridgehead atoms. The molecule has 9 nitrogen and oxygen atoms in total. The number of nitrogens with one attached hydrogen (secondary N) is 1. The summed E-state index contributed by atoms with van der Waals surface area (Å²) in [5.74, 6) is -0.197. The second-order valence-corrected chi connectivity index (χ2v) is 14.8. The molecule has 0 spiro atoms. The van der Waals surface area contributed by atoms with Crippen molar-refractivity contribution in [2.75, 3.05) is 13.2 Å². The van der Waals surface area contributed by atoms with E-state index in [1.807, 2.05) is 6.08 Å². The predicted octanol–water partition coefficient (Wildman–Crippen LogP) is 8.28. The van der Waals surface area contributed by atoms with Crippen molar-refractivity contribution >= 4 is 5.91 Å². The van der Waals surface area contributed by atoms with Crippen molar-refractivity contribution in [3.05, 3.63) is 48.6 Å². The van der Waals surface area contributed by atoms with Crippen LogP contribution in [-0.4, -0.2) is 87.5 Å². The molecule has 1 fully saturated rings. The second kappa shape index (κ2) is 34.6. The molecule has 0 aliphatic carbocycles. The lowest BCUT2D eigenvalue weighted by Crippen LogP contribution is -2.60. The molecule has 1 amide bonds. The van der Waals surface area contributed by atoms with Crippen LogP contribution in [0.1, 0.15) is 168 Å². The molecule has 1 saturated heterocycles. The van der Waals surface area contributed by atoms with Crippen molar-refractivity contribution < 1.29 is 39.8 Å². The van der Waals surface area contributed by atoms with E-state index >= 15 is 0 Å². The number of rotatable bonds is 34. The van der Waals surface area contributed by atoms with Crippen LogP contribution in [0, 0.1) is 0 Å². The number of aliphatic hydroxyl groups excluding tert-OH is 5. The number of carbonyl (C=O) groups is 1. The van der Waals surface area contributed by atoms with Gasteiger partial charge in [-0.1, -0.05) is 146 Å². The Hall–Kier alpha value is -1.85. The fourth-order valence-electron chi connectivity index (χ4n) is 6.38. The van der Waals surface area contributed by atoms with Gasteiger partial charge in [0.15, 0.2) is 6.29 Å². The van der Waals surface area contributed by atoms with Gasteiger partial charge in [-0.05, 0) is 64.2 Å². The third-order valence-electron chi connectivity index (χ3n) is 9.88. The summed E-state index contributed by atoms with van der Waals surface area (Å²) in [5.41, 5.74) is 0. The maximum absolute atomic E-state index is 12.9. The van der Waals surface area contributed by atoms with Gasteiger partial charge < -0.3 is 40.3 Å². The number of hydrogen-bond donors (Lipinski definition) is 6. The first kappa shape index (κ1) is 49.2. The lowest BCUT2D eigenvalue weighted by molar-refractivity contribution is -0.302. The first-order chi connectivity index (χ1) is 25.8. The largest absolute Gasteiger partial charge is 0.394 e. The zero-order valence-corrected chi connectivity index (χ0v) is 33.5. The Labute approximate surface area is 323 Å². The normalized spacial score (nSPS) is 22.1. The van der Waals surface area contributed by atoms with E-state index in [1.54, 1.807) is 6.08 Å². The number of allylic oxidation sites excluding steroid dienone is 7. The molecule has 7 atom stereocenters. The Bertz CT molecular complexity index is 967. The third kappa shape index (κ3) is 25.8. The molecule has 0 radical (unpaired) electrons. The van der Waals surface area contributed by atoms with Gasteiger partial charge in [0, 0.05) is 6.42 Å². The molecule has 0 saturated carbocycles. The van der Waals surface area contributed by atoms with Gasteiger partial charge in [0.05, 0.1) is 25.4 Å². The van der Waals surface area contributed by atoms with E-state index in [-0.39, 0.29) is 12.5 Å². The SMILES string of the molecule is CCCCC/C=C/CC/C=C/C(O)C(COC1OC(CO)C(O)C(O)C1O)NC(=O)CCCCCCCCCCC/C=C\C/C=C\CCCCCCC. The first-order valence-corrected chi connectivity index (χ1v) is 21.4. The lowest BCUT2D eigenvalue weighted by Gasteiger charge is -2.40. The molecule has 9 heteroatoms. The molecule has 0 aromatic rings. The number of hydrogen-bond acceptors (Lipinski definition) is 8. The molecule has 53 heavy (non-hydrogen) atoms. The van der Waals surface area contributed by atoms with Crippen molar-refractivity contribution in [1.29, 1.82) is 0 Å². The number of ether oxygens (including phenoxy) is 2. The van der Waals surface area contributed by atoms with Gasteiger partial charge in [-0.15, -0.1) is 0 Å². The second-order valence-electron chi connectivity index (χ2n) is 14.8. The van der Waals surface area contributed by atoms with Crippen LogP contribution in [0.3, 0.4) is 0 Å². The van der Waals surface area contributed by atoms with Gasteiger partial charge >= 0.3 is 0 Å². The van der Waals surface area contributed by atoms with Crippen molar-refractivity contribution in [2.24, 2.45) is 0 Å². The molecule has 308 valence electrons. The maximum Gasteiger partial charge on any atom is 0.220 e. The van der Waals surface area contributed by atoms with Gasteiger partial charge in [0.1, 0.15) is 24.4 Å². The fourth-order valence-corrected chi connectivity index (χ4v) is 6.38. The smallest absolute Gasteiger partial charge is 0.220 e. The molecule has 1 aliphatic rings. The fraction of sp³-hybridized carbons (Fsp3) is 0.795. The highest BCUT2D eigenvalue weighted by Crippen LogP contribution is 2.22. The Morgan fingerprint density at radius 2 is 1.13 bits per heavy atom. The molecule has 1 aliphatic heterocycles. The molecule has 1 heterocycles.